The Morgan fingerprint density at radius 2 is 2.05 bits per heavy atom. The quantitative estimate of drug-likeness (QED) is 0.869. The molecule has 0 aliphatic carbocycles. The average molecular weight is 276 g/mol. The molecule has 0 fully saturated rings. The Balaban J connectivity index is 2.42. The van der Waals surface area contributed by atoms with Gasteiger partial charge in [0.25, 0.3) is 0 Å². The Morgan fingerprint density at radius 1 is 1.37 bits per heavy atom. The van der Waals surface area contributed by atoms with E-state index in [1.165, 1.54) is 18.4 Å². The van der Waals surface area contributed by atoms with Gasteiger partial charge in [0, 0.05) is 23.3 Å². The van der Waals surface area contributed by atoms with E-state index in [2.05, 4.69) is 10.3 Å². The Hall–Kier alpha value is -1.88. The molecule has 2 aromatic rings. The fourth-order valence-electron chi connectivity index (χ4n) is 1.71. The van der Waals surface area contributed by atoms with Gasteiger partial charge in [0.1, 0.15) is 4.88 Å². The summed E-state index contributed by atoms with van der Waals surface area (Å²) in [6, 6.07) is 6.08. The van der Waals surface area contributed by atoms with Gasteiger partial charge in [-0.3, -0.25) is 4.98 Å². The van der Waals surface area contributed by atoms with Gasteiger partial charge in [0.05, 0.1) is 12.8 Å². The van der Waals surface area contributed by atoms with Crippen LogP contribution in [0.3, 0.4) is 0 Å². The Bertz CT molecular complexity index is 564. The summed E-state index contributed by atoms with van der Waals surface area (Å²) in [5, 5.41) is 3.27. The van der Waals surface area contributed by atoms with Gasteiger partial charge in [0.15, 0.2) is 0 Å². The fraction of sp³-hybridized carbons (Fsp3) is 0.286. The van der Waals surface area contributed by atoms with Crippen molar-refractivity contribution >= 4 is 23.0 Å². The van der Waals surface area contributed by atoms with Crippen LogP contribution in [0, 0.1) is 0 Å². The fourth-order valence-corrected chi connectivity index (χ4v) is 2.76. The van der Waals surface area contributed by atoms with Gasteiger partial charge in [-0.2, -0.15) is 0 Å². The van der Waals surface area contributed by atoms with Crippen molar-refractivity contribution in [2.24, 2.45) is 0 Å². The molecule has 0 aromatic carbocycles. The zero-order valence-corrected chi connectivity index (χ0v) is 12.0. The molecule has 1 N–H and O–H groups in total. The first kappa shape index (κ1) is 13.5. The van der Waals surface area contributed by atoms with Crippen LogP contribution >= 0.6 is 11.3 Å². The van der Waals surface area contributed by atoms with Crippen molar-refractivity contribution in [1.29, 1.82) is 0 Å². The highest BCUT2D eigenvalue weighted by molar-refractivity contribution is 7.18. The zero-order chi connectivity index (χ0) is 13.8. The summed E-state index contributed by atoms with van der Waals surface area (Å²) in [4.78, 5) is 17.4. The molecule has 0 spiro atoms. The van der Waals surface area contributed by atoms with Gasteiger partial charge in [-0.05, 0) is 37.6 Å². The van der Waals surface area contributed by atoms with Gasteiger partial charge in [-0.1, -0.05) is 0 Å². The molecular formula is C14H16N2O2S. The maximum atomic E-state index is 11.8. The number of anilines is 1. The van der Waals surface area contributed by atoms with E-state index in [4.69, 9.17) is 4.74 Å². The lowest BCUT2D eigenvalue weighted by Crippen LogP contribution is -2.12. The Labute approximate surface area is 116 Å². The third-order valence-electron chi connectivity index (χ3n) is 2.51. The predicted octanol–water partition coefficient (Wildman–Crippen LogP) is 3.42. The summed E-state index contributed by atoms with van der Waals surface area (Å²) in [5.74, 6) is -0.312. The minimum Gasteiger partial charge on any atom is -0.465 e. The number of ether oxygens (including phenoxy) is 1. The predicted molar refractivity (Wildman–Crippen MR) is 77.6 cm³/mol. The molecule has 0 saturated heterocycles. The van der Waals surface area contributed by atoms with E-state index in [0.29, 0.717) is 4.88 Å². The maximum Gasteiger partial charge on any atom is 0.350 e. The highest BCUT2D eigenvalue weighted by Gasteiger charge is 2.18. The monoisotopic (exact) mass is 276 g/mol. The molecule has 2 heterocycles. The summed E-state index contributed by atoms with van der Waals surface area (Å²) < 4.78 is 4.83. The number of carbonyl (C=O) groups is 1. The van der Waals surface area contributed by atoms with Crippen LogP contribution < -0.4 is 5.32 Å². The molecule has 5 heteroatoms. The summed E-state index contributed by atoms with van der Waals surface area (Å²) in [7, 11) is 1.40. The van der Waals surface area contributed by atoms with Gasteiger partial charge in [-0.25, -0.2) is 4.79 Å². The number of nitrogens with zero attached hydrogens (tertiary/aromatic N) is 1. The minimum atomic E-state index is -0.312. The smallest absolute Gasteiger partial charge is 0.350 e. The second-order valence-corrected chi connectivity index (χ2v) is 5.43. The molecule has 0 bridgehead atoms. The number of methoxy groups -OCH3 is 1. The zero-order valence-electron chi connectivity index (χ0n) is 11.1. The molecule has 4 nitrogen and oxygen atoms in total. The highest BCUT2D eigenvalue weighted by atomic mass is 32.1. The van der Waals surface area contributed by atoms with Gasteiger partial charge < -0.3 is 10.1 Å². The SMILES string of the molecule is COC(=O)c1sc(-c2ccncc2)cc1NC(C)C. The molecule has 0 saturated carbocycles. The van der Waals surface area contributed by atoms with E-state index in [9.17, 15) is 4.79 Å². The summed E-state index contributed by atoms with van der Waals surface area (Å²) in [5.41, 5.74) is 1.86. The average Bonchev–Trinajstić information content (AvgIpc) is 2.82. The van der Waals surface area contributed by atoms with Crippen LogP contribution in [0.1, 0.15) is 23.5 Å². The first-order valence-electron chi connectivity index (χ1n) is 6.01. The number of pyridine rings is 1. The lowest BCUT2D eigenvalue weighted by Gasteiger charge is -2.09. The van der Waals surface area contributed by atoms with Crippen molar-refractivity contribution in [3.8, 4) is 10.4 Å². The summed E-state index contributed by atoms with van der Waals surface area (Å²) >= 11 is 1.42. The van der Waals surface area contributed by atoms with Crippen molar-refractivity contribution < 1.29 is 9.53 Å². The number of hydrogen-bond acceptors (Lipinski definition) is 5. The Morgan fingerprint density at radius 3 is 2.63 bits per heavy atom. The third kappa shape index (κ3) is 3.12. The molecule has 0 amide bonds. The lowest BCUT2D eigenvalue weighted by molar-refractivity contribution is 0.0607. The standard InChI is InChI=1S/C14H16N2O2S/c1-9(2)16-11-8-12(10-4-6-15-7-5-10)19-13(11)14(17)18-3/h4-9,16H,1-3H3. The molecule has 2 aromatic heterocycles. The van der Waals surface area contributed by atoms with E-state index in [1.54, 1.807) is 12.4 Å². The number of hydrogen-bond donors (Lipinski definition) is 1. The molecule has 2 rings (SSSR count). The molecule has 100 valence electrons. The van der Waals surface area contributed by atoms with Crippen LogP contribution in [0.5, 0.6) is 0 Å². The van der Waals surface area contributed by atoms with E-state index in [-0.39, 0.29) is 12.0 Å². The lowest BCUT2D eigenvalue weighted by atomic mass is 10.2. The van der Waals surface area contributed by atoms with E-state index >= 15 is 0 Å². The van der Waals surface area contributed by atoms with Crippen molar-refractivity contribution in [2.45, 2.75) is 19.9 Å². The van der Waals surface area contributed by atoms with Crippen molar-refractivity contribution in [3.05, 3.63) is 35.5 Å². The molecule has 19 heavy (non-hydrogen) atoms. The summed E-state index contributed by atoms with van der Waals surface area (Å²) in [6.07, 6.45) is 3.48. The highest BCUT2D eigenvalue weighted by Crippen LogP contribution is 2.35. The van der Waals surface area contributed by atoms with Crippen LogP contribution in [0.25, 0.3) is 10.4 Å². The first-order chi connectivity index (χ1) is 9.11. The maximum absolute atomic E-state index is 11.8. The van der Waals surface area contributed by atoms with Gasteiger partial charge >= 0.3 is 5.97 Å². The molecule has 0 radical (unpaired) electrons. The van der Waals surface area contributed by atoms with E-state index < -0.39 is 0 Å². The van der Waals surface area contributed by atoms with Crippen LogP contribution in [-0.2, 0) is 4.74 Å². The molecular weight excluding hydrogens is 260 g/mol. The topological polar surface area (TPSA) is 51.2 Å². The molecule has 0 aliphatic rings. The molecule has 0 atom stereocenters. The van der Waals surface area contributed by atoms with Crippen LogP contribution in [0.4, 0.5) is 5.69 Å². The largest absolute Gasteiger partial charge is 0.465 e. The number of rotatable bonds is 4. The number of esters is 1. The van der Waals surface area contributed by atoms with Crippen LogP contribution in [0.15, 0.2) is 30.6 Å². The van der Waals surface area contributed by atoms with Gasteiger partial charge in [-0.15, -0.1) is 11.3 Å². The number of nitrogens with one attached hydrogen (secondary N) is 1. The van der Waals surface area contributed by atoms with E-state index in [0.717, 1.165) is 16.1 Å². The number of thiophene rings is 1. The van der Waals surface area contributed by atoms with Gasteiger partial charge in [0.2, 0.25) is 0 Å². The second-order valence-electron chi connectivity index (χ2n) is 4.38. The second kappa shape index (κ2) is 5.84. The van der Waals surface area contributed by atoms with E-state index in [1.807, 2.05) is 32.0 Å². The minimum absolute atomic E-state index is 0.253. The van der Waals surface area contributed by atoms with Crippen molar-refractivity contribution in [2.75, 3.05) is 12.4 Å². The molecule has 0 unspecified atom stereocenters. The third-order valence-corrected chi connectivity index (χ3v) is 3.68. The first-order valence-corrected chi connectivity index (χ1v) is 6.82. The van der Waals surface area contributed by atoms with Crippen LogP contribution in [0.2, 0.25) is 0 Å². The normalized spacial score (nSPS) is 10.5. The van der Waals surface area contributed by atoms with Crippen LogP contribution in [-0.4, -0.2) is 24.1 Å². The van der Waals surface area contributed by atoms with Crippen molar-refractivity contribution in [3.63, 3.8) is 0 Å². The number of carbonyl (C=O) groups excluding carboxylic acids is 1. The molecule has 0 aliphatic heterocycles. The summed E-state index contributed by atoms with van der Waals surface area (Å²) in [6.45, 7) is 4.07. The Kier molecular flexibility index (Phi) is 4.16. The number of aromatic nitrogens is 1. The van der Waals surface area contributed by atoms with Crippen molar-refractivity contribution in [1.82, 2.24) is 4.98 Å².